The van der Waals surface area contributed by atoms with Gasteiger partial charge in [-0.05, 0) is 44.5 Å². The summed E-state index contributed by atoms with van der Waals surface area (Å²) in [6.45, 7) is 5.74. The van der Waals surface area contributed by atoms with Gasteiger partial charge in [-0.25, -0.2) is 0 Å². The van der Waals surface area contributed by atoms with E-state index in [0.29, 0.717) is 25.6 Å². The minimum atomic E-state index is -0.403. The predicted molar refractivity (Wildman–Crippen MR) is 118 cm³/mol. The number of nitrogens with zero attached hydrogens (tertiary/aromatic N) is 2. The molecule has 0 saturated carbocycles. The van der Waals surface area contributed by atoms with E-state index in [-0.39, 0.29) is 12.0 Å². The summed E-state index contributed by atoms with van der Waals surface area (Å²) in [5.74, 6) is 0.00799. The van der Waals surface area contributed by atoms with Gasteiger partial charge in [-0.2, -0.15) is 5.10 Å². The molecule has 2 aromatic carbocycles. The molecule has 0 aliphatic carbocycles. The average Bonchev–Trinajstić information content (AvgIpc) is 3.40. The number of para-hydroxylation sites is 1. The van der Waals surface area contributed by atoms with Crippen molar-refractivity contribution in [1.82, 2.24) is 9.78 Å². The molecule has 1 saturated heterocycles. The Hall–Kier alpha value is -2.38. The predicted octanol–water partition coefficient (Wildman–Crippen LogP) is 5.01. The lowest BCUT2D eigenvalue weighted by Crippen LogP contribution is -2.14. The standard InChI is InChI=1S/C23H25BrN2O4/c1-3-29-23(27)15(2)18-6-4-5-7-22(18)30-14-20-19-12-16(24)8-9-21(19)26(25-20)17-10-11-28-13-17/h4-9,12,15,17H,3,10-11,13-14H2,1-2H3. The number of carbonyl (C=O) groups excluding carboxylic acids is 1. The van der Waals surface area contributed by atoms with Crippen LogP contribution in [0.5, 0.6) is 5.75 Å². The van der Waals surface area contributed by atoms with E-state index in [2.05, 4.69) is 32.7 Å². The summed E-state index contributed by atoms with van der Waals surface area (Å²) in [5.41, 5.74) is 2.74. The van der Waals surface area contributed by atoms with Crippen molar-refractivity contribution in [3.05, 3.63) is 58.2 Å². The molecule has 1 aromatic heterocycles. The molecule has 2 heterocycles. The van der Waals surface area contributed by atoms with E-state index < -0.39 is 5.92 Å². The number of halogens is 1. The molecule has 0 radical (unpaired) electrons. The maximum Gasteiger partial charge on any atom is 0.313 e. The molecule has 0 bridgehead atoms. The second-order valence-corrected chi connectivity index (χ2v) is 8.29. The molecule has 6 nitrogen and oxygen atoms in total. The van der Waals surface area contributed by atoms with Crippen LogP contribution in [0.15, 0.2) is 46.9 Å². The molecule has 158 valence electrons. The Balaban J connectivity index is 1.62. The van der Waals surface area contributed by atoms with Crippen molar-refractivity contribution < 1.29 is 19.0 Å². The first-order chi connectivity index (χ1) is 14.6. The second-order valence-electron chi connectivity index (χ2n) is 7.37. The third-order valence-corrected chi connectivity index (χ3v) is 5.88. The molecule has 3 aromatic rings. The van der Waals surface area contributed by atoms with Gasteiger partial charge >= 0.3 is 5.97 Å². The molecule has 1 aliphatic heterocycles. The summed E-state index contributed by atoms with van der Waals surface area (Å²) in [4.78, 5) is 12.2. The van der Waals surface area contributed by atoms with E-state index >= 15 is 0 Å². The number of aromatic nitrogens is 2. The summed E-state index contributed by atoms with van der Waals surface area (Å²) >= 11 is 3.56. The van der Waals surface area contributed by atoms with Crippen molar-refractivity contribution >= 4 is 32.8 Å². The SMILES string of the molecule is CCOC(=O)C(C)c1ccccc1OCc1nn(C2CCOC2)c2ccc(Br)cc12. The third-order valence-electron chi connectivity index (χ3n) is 5.39. The molecule has 2 unspecified atom stereocenters. The average molecular weight is 473 g/mol. The molecule has 7 heteroatoms. The van der Waals surface area contributed by atoms with Gasteiger partial charge < -0.3 is 14.2 Å². The maximum absolute atomic E-state index is 12.2. The molecule has 0 amide bonds. The Morgan fingerprint density at radius 1 is 1.33 bits per heavy atom. The zero-order valence-corrected chi connectivity index (χ0v) is 18.7. The number of hydrogen-bond acceptors (Lipinski definition) is 5. The van der Waals surface area contributed by atoms with E-state index in [1.54, 1.807) is 0 Å². The quantitative estimate of drug-likeness (QED) is 0.452. The van der Waals surface area contributed by atoms with Crippen molar-refractivity contribution in [3.63, 3.8) is 0 Å². The third kappa shape index (κ3) is 4.23. The van der Waals surface area contributed by atoms with Crippen LogP contribution in [0.4, 0.5) is 0 Å². The molecular formula is C23H25BrN2O4. The van der Waals surface area contributed by atoms with Gasteiger partial charge in [0.15, 0.2) is 0 Å². The zero-order chi connectivity index (χ0) is 21.1. The highest BCUT2D eigenvalue weighted by molar-refractivity contribution is 9.10. The van der Waals surface area contributed by atoms with E-state index in [0.717, 1.165) is 39.7 Å². The van der Waals surface area contributed by atoms with Crippen LogP contribution in [0.3, 0.4) is 0 Å². The number of esters is 1. The number of rotatable bonds is 7. The van der Waals surface area contributed by atoms with Gasteiger partial charge in [0, 0.05) is 22.0 Å². The van der Waals surface area contributed by atoms with Gasteiger partial charge in [0.1, 0.15) is 18.1 Å². The van der Waals surface area contributed by atoms with Gasteiger partial charge in [-0.3, -0.25) is 9.48 Å². The highest BCUT2D eigenvalue weighted by Crippen LogP contribution is 2.31. The van der Waals surface area contributed by atoms with Crippen molar-refractivity contribution in [1.29, 1.82) is 0 Å². The van der Waals surface area contributed by atoms with Crippen molar-refractivity contribution in [2.75, 3.05) is 19.8 Å². The number of hydrogen-bond donors (Lipinski definition) is 0. The largest absolute Gasteiger partial charge is 0.487 e. The number of fused-ring (bicyclic) bond motifs is 1. The smallest absolute Gasteiger partial charge is 0.313 e. The minimum Gasteiger partial charge on any atom is -0.487 e. The van der Waals surface area contributed by atoms with Crippen LogP contribution in [-0.4, -0.2) is 35.6 Å². The van der Waals surface area contributed by atoms with Crippen LogP contribution in [0, 0.1) is 0 Å². The molecule has 1 aliphatic rings. The lowest BCUT2D eigenvalue weighted by molar-refractivity contribution is -0.144. The first kappa shape index (κ1) is 20.9. The van der Waals surface area contributed by atoms with E-state index in [1.165, 1.54) is 0 Å². The summed E-state index contributed by atoms with van der Waals surface area (Å²) in [6.07, 6.45) is 0.951. The van der Waals surface area contributed by atoms with Crippen LogP contribution in [0.1, 0.15) is 43.5 Å². The number of benzene rings is 2. The van der Waals surface area contributed by atoms with Crippen LogP contribution in [0.2, 0.25) is 0 Å². The van der Waals surface area contributed by atoms with E-state index in [9.17, 15) is 4.79 Å². The van der Waals surface area contributed by atoms with Gasteiger partial charge in [0.2, 0.25) is 0 Å². The Morgan fingerprint density at radius 3 is 2.93 bits per heavy atom. The molecule has 30 heavy (non-hydrogen) atoms. The Bertz CT molecular complexity index is 1040. The number of carbonyl (C=O) groups is 1. The summed E-state index contributed by atoms with van der Waals surface area (Å²) in [7, 11) is 0. The fourth-order valence-corrected chi connectivity index (χ4v) is 4.15. The fraction of sp³-hybridized carbons (Fsp3) is 0.391. The lowest BCUT2D eigenvalue weighted by Gasteiger charge is -2.15. The van der Waals surface area contributed by atoms with Crippen molar-refractivity contribution in [2.24, 2.45) is 0 Å². The topological polar surface area (TPSA) is 62.6 Å². The highest BCUT2D eigenvalue weighted by atomic mass is 79.9. The molecule has 2 atom stereocenters. The second kappa shape index (κ2) is 9.18. The summed E-state index contributed by atoms with van der Waals surface area (Å²) in [5, 5.41) is 5.91. The van der Waals surface area contributed by atoms with E-state index in [1.807, 2.05) is 44.2 Å². The molecule has 4 rings (SSSR count). The van der Waals surface area contributed by atoms with Crippen molar-refractivity contribution in [3.8, 4) is 5.75 Å². The van der Waals surface area contributed by atoms with Gasteiger partial charge in [-0.1, -0.05) is 34.1 Å². The van der Waals surface area contributed by atoms with Crippen LogP contribution in [-0.2, 0) is 20.9 Å². The van der Waals surface area contributed by atoms with E-state index in [4.69, 9.17) is 19.3 Å². The van der Waals surface area contributed by atoms with Crippen LogP contribution >= 0.6 is 15.9 Å². The summed E-state index contributed by atoms with van der Waals surface area (Å²) < 4.78 is 20.0. The Labute approximate surface area is 184 Å². The van der Waals surface area contributed by atoms with Gasteiger partial charge in [0.25, 0.3) is 0 Å². The molecular weight excluding hydrogens is 448 g/mol. The minimum absolute atomic E-state index is 0.235. The monoisotopic (exact) mass is 472 g/mol. The Morgan fingerprint density at radius 2 is 2.17 bits per heavy atom. The number of ether oxygens (including phenoxy) is 3. The summed E-state index contributed by atoms with van der Waals surface area (Å²) in [6, 6.07) is 14.0. The van der Waals surface area contributed by atoms with Gasteiger partial charge in [-0.15, -0.1) is 0 Å². The Kier molecular flexibility index (Phi) is 6.39. The van der Waals surface area contributed by atoms with Crippen molar-refractivity contribution in [2.45, 2.75) is 38.8 Å². The zero-order valence-electron chi connectivity index (χ0n) is 17.1. The first-order valence-corrected chi connectivity index (χ1v) is 11.0. The molecule has 0 N–H and O–H groups in total. The first-order valence-electron chi connectivity index (χ1n) is 10.2. The normalized spacial score (nSPS) is 17.2. The maximum atomic E-state index is 12.2. The fourth-order valence-electron chi connectivity index (χ4n) is 3.79. The van der Waals surface area contributed by atoms with Crippen LogP contribution in [0.25, 0.3) is 10.9 Å². The highest BCUT2D eigenvalue weighted by Gasteiger charge is 2.24. The van der Waals surface area contributed by atoms with Gasteiger partial charge in [0.05, 0.1) is 30.7 Å². The molecule has 0 spiro atoms. The molecule has 1 fully saturated rings. The lowest BCUT2D eigenvalue weighted by atomic mass is 10.0. The van der Waals surface area contributed by atoms with Crippen LogP contribution < -0.4 is 4.74 Å².